The van der Waals surface area contributed by atoms with Crippen molar-refractivity contribution >= 4 is 17.7 Å². The topological polar surface area (TPSA) is 74.2 Å². The largest absolute Gasteiger partial charge is 0.354 e. The molecule has 3 rings (SSSR count). The molecule has 2 aromatic heterocycles. The number of amides is 1. The van der Waals surface area contributed by atoms with Crippen molar-refractivity contribution in [1.82, 2.24) is 20.3 Å². The zero-order chi connectivity index (χ0) is 19.4. The lowest BCUT2D eigenvalue weighted by Crippen LogP contribution is -2.41. The van der Waals surface area contributed by atoms with E-state index in [2.05, 4.69) is 20.3 Å². The summed E-state index contributed by atoms with van der Waals surface area (Å²) in [5.41, 5.74) is 0.855. The zero-order valence-corrected chi connectivity index (χ0v) is 15.8. The van der Waals surface area contributed by atoms with Gasteiger partial charge in [0.05, 0.1) is 18.5 Å². The first-order valence-corrected chi connectivity index (χ1v) is 9.04. The third kappa shape index (κ3) is 4.50. The molecule has 3 atom stereocenters. The van der Waals surface area contributed by atoms with Crippen LogP contribution in [-0.2, 0) is 4.79 Å². The number of carbonyl (C=O) groups is 1. The molecule has 1 aliphatic rings. The van der Waals surface area contributed by atoms with Gasteiger partial charge in [0.25, 0.3) is 0 Å². The van der Waals surface area contributed by atoms with Crippen molar-refractivity contribution in [2.75, 3.05) is 37.0 Å². The van der Waals surface area contributed by atoms with Gasteiger partial charge in [-0.25, -0.2) is 9.37 Å². The van der Waals surface area contributed by atoms with Gasteiger partial charge in [0.2, 0.25) is 11.9 Å². The van der Waals surface area contributed by atoms with E-state index in [1.54, 1.807) is 29.6 Å². The summed E-state index contributed by atoms with van der Waals surface area (Å²) in [6.07, 6.45) is 4.45. The molecule has 0 saturated carbocycles. The molecule has 27 heavy (non-hydrogen) atoms. The number of hydrogen-bond acceptors (Lipinski definition) is 6. The van der Waals surface area contributed by atoms with Gasteiger partial charge in [-0.1, -0.05) is 6.07 Å². The minimum absolute atomic E-state index is 0.0954. The van der Waals surface area contributed by atoms with Gasteiger partial charge >= 0.3 is 0 Å². The van der Waals surface area contributed by atoms with E-state index in [0.29, 0.717) is 24.7 Å². The molecule has 0 unspecified atom stereocenters. The van der Waals surface area contributed by atoms with E-state index in [4.69, 9.17) is 0 Å². The van der Waals surface area contributed by atoms with Crippen LogP contribution in [0.25, 0.3) is 0 Å². The predicted molar refractivity (Wildman–Crippen MR) is 103 cm³/mol. The van der Waals surface area contributed by atoms with Gasteiger partial charge in [-0.2, -0.15) is 4.98 Å². The molecular weight excluding hydrogens is 347 g/mol. The Kier molecular flexibility index (Phi) is 5.83. The van der Waals surface area contributed by atoms with Crippen LogP contribution in [0.1, 0.15) is 24.8 Å². The van der Waals surface area contributed by atoms with Crippen LogP contribution in [0.5, 0.6) is 0 Å². The second-order valence-electron chi connectivity index (χ2n) is 7.00. The molecule has 144 valence electrons. The lowest BCUT2D eigenvalue weighted by molar-refractivity contribution is -0.122. The minimum atomic E-state index is -0.944. The third-order valence-electron chi connectivity index (χ3n) is 4.78. The number of aromatic nitrogens is 3. The van der Waals surface area contributed by atoms with E-state index in [9.17, 15) is 9.18 Å². The summed E-state index contributed by atoms with van der Waals surface area (Å²) in [7, 11) is 3.72. The Morgan fingerprint density at radius 3 is 2.93 bits per heavy atom. The number of halogens is 1. The molecule has 1 fully saturated rings. The monoisotopic (exact) mass is 372 g/mol. The summed E-state index contributed by atoms with van der Waals surface area (Å²) in [6.45, 7) is 2.47. The molecule has 0 radical (unpaired) electrons. The Balaban J connectivity index is 1.66. The maximum Gasteiger partial charge on any atom is 0.227 e. The number of nitrogens with one attached hydrogen (secondary N) is 1. The van der Waals surface area contributed by atoms with E-state index >= 15 is 0 Å². The van der Waals surface area contributed by atoms with Crippen LogP contribution < -0.4 is 15.1 Å². The summed E-state index contributed by atoms with van der Waals surface area (Å²) < 4.78 is 14.1. The molecular formula is C19H25FN6O. The molecule has 1 aliphatic heterocycles. The van der Waals surface area contributed by atoms with E-state index in [0.717, 1.165) is 5.56 Å². The average molecular weight is 372 g/mol. The fourth-order valence-corrected chi connectivity index (χ4v) is 3.20. The van der Waals surface area contributed by atoms with Crippen LogP contribution in [0.3, 0.4) is 0 Å². The van der Waals surface area contributed by atoms with Crippen LogP contribution >= 0.6 is 0 Å². The van der Waals surface area contributed by atoms with Crippen molar-refractivity contribution < 1.29 is 9.18 Å². The van der Waals surface area contributed by atoms with Gasteiger partial charge in [-0.3, -0.25) is 9.78 Å². The first-order valence-electron chi connectivity index (χ1n) is 9.04. The Hall–Kier alpha value is -2.77. The molecule has 1 amide bonds. The average Bonchev–Trinajstić information content (AvgIpc) is 3.07. The van der Waals surface area contributed by atoms with Crippen molar-refractivity contribution in [1.29, 1.82) is 0 Å². The molecule has 1 saturated heterocycles. The highest BCUT2D eigenvalue weighted by molar-refractivity contribution is 5.83. The summed E-state index contributed by atoms with van der Waals surface area (Å²) in [4.78, 5) is 29.0. The third-order valence-corrected chi connectivity index (χ3v) is 4.78. The first kappa shape index (κ1) is 19.0. The molecule has 0 spiro atoms. The lowest BCUT2D eigenvalue weighted by atomic mass is 10.0. The Morgan fingerprint density at radius 2 is 2.22 bits per heavy atom. The second-order valence-corrected chi connectivity index (χ2v) is 7.00. The Labute approximate surface area is 158 Å². The zero-order valence-electron chi connectivity index (χ0n) is 15.8. The van der Waals surface area contributed by atoms with E-state index in [-0.39, 0.29) is 24.4 Å². The number of anilines is 2. The van der Waals surface area contributed by atoms with Crippen LogP contribution in [0.2, 0.25) is 0 Å². The summed E-state index contributed by atoms with van der Waals surface area (Å²) in [6, 6.07) is 5.32. The van der Waals surface area contributed by atoms with Gasteiger partial charge < -0.3 is 15.1 Å². The van der Waals surface area contributed by atoms with Gasteiger partial charge in [0, 0.05) is 45.7 Å². The predicted octanol–water partition coefficient (Wildman–Crippen LogP) is 1.77. The first-order chi connectivity index (χ1) is 13.0. The number of pyridine rings is 1. The number of alkyl halides is 1. The van der Waals surface area contributed by atoms with E-state index < -0.39 is 6.17 Å². The molecule has 0 aliphatic carbocycles. The van der Waals surface area contributed by atoms with Crippen molar-refractivity contribution in [3.05, 3.63) is 42.4 Å². The summed E-state index contributed by atoms with van der Waals surface area (Å²) in [5.74, 6) is 0.840. The maximum atomic E-state index is 14.1. The van der Waals surface area contributed by atoms with E-state index in [1.807, 2.05) is 38.1 Å². The number of hydrogen-bond donors (Lipinski definition) is 1. The van der Waals surface area contributed by atoms with Crippen molar-refractivity contribution in [3.8, 4) is 0 Å². The van der Waals surface area contributed by atoms with Crippen LogP contribution in [0.15, 0.2) is 36.8 Å². The molecule has 0 bridgehead atoms. The lowest BCUT2D eigenvalue weighted by Gasteiger charge is -2.26. The van der Waals surface area contributed by atoms with Gasteiger partial charge in [-0.05, 0) is 24.6 Å². The van der Waals surface area contributed by atoms with Crippen molar-refractivity contribution in [2.24, 2.45) is 0 Å². The molecule has 0 aromatic carbocycles. The summed E-state index contributed by atoms with van der Waals surface area (Å²) in [5, 5.41) is 2.95. The highest BCUT2D eigenvalue weighted by Gasteiger charge is 2.33. The molecule has 2 aromatic rings. The van der Waals surface area contributed by atoms with E-state index in [1.165, 1.54) is 0 Å². The Morgan fingerprint density at radius 1 is 1.41 bits per heavy atom. The van der Waals surface area contributed by atoms with Crippen LogP contribution in [0.4, 0.5) is 16.2 Å². The van der Waals surface area contributed by atoms with Gasteiger partial charge in [0.15, 0.2) is 0 Å². The molecule has 7 nitrogen and oxygen atoms in total. The smallest absolute Gasteiger partial charge is 0.227 e. The Bertz CT molecular complexity index is 772. The fourth-order valence-electron chi connectivity index (χ4n) is 3.20. The quantitative estimate of drug-likeness (QED) is 0.833. The minimum Gasteiger partial charge on any atom is -0.354 e. The number of carbonyl (C=O) groups excluding carboxylic acids is 1. The molecule has 3 heterocycles. The van der Waals surface area contributed by atoms with Crippen LogP contribution in [0, 0.1) is 0 Å². The molecule has 1 N–H and O–H groups in total. The highest BCUT2D eigenvalue weighted by Crippen LogP contribution is 2.26. The fraction of sp³-hybridized carbons (Fsp3) is 0.474. The second kappa shape index (κ2) is 8.28. The van der Waals surface area contributed by atoms with Crippen molar-refractivity contribution in [2.45, 2.75) is 31.5 Å². The maximum absolute atomic E-state index is 14.1. The summed E-state index contributed by atoms with van der Waals surface area (Å²) >= 11 is 0. The highest BCUT2D eigenvalue weighted by atomic mass is 19.1. The van der Waals surface area contributed by atoms with Crippen molar-refractivity contribution in [3.63, 3.8) is 0 Å². The van der Waals surface area contributed by atoms with Crippen LogP contribution in [-0.4, -0.2) is 60.3 Å². The number of nitrogens with zero attached hydrogens (tertiary/aromatic N) is 5. The SMILES string of the molecule is C[C@H](C(=O)NC[C@@H]1C[C@H](F)CN1c1ccnc(N(C)C)n1)c1cccnc1. The van der Waals surface area contributed by atoms with Gasteiger partial charge in [-0.15, -0.1) is 0 Å². The molecule has 8 heteroatoms. The standard InChI is InChI=1S/C19H25FN6O/c1-13(14-5-4-7-21-10-14)18(27)23-11-16-9-15(20)12-26(16)17-6-8-22-19(24-17)25(2)3/h4-8,10,13,15-16H,9,11-12H2,1-3H3,(H,23,27)/t13-,15-,16-/m0/s1. The van der Waals surface area contributed by atoms with Gasteiger partial charge in [0.1, 0.15) is 12.0 Å². The normalized spacial score (nSPS) is 20.4. The number of rotatable bonds is 6.